The Kier molecular flexibility index (Phi) is 4.44. The Morgan fingerprint density at radius 2 is 1.82 bits per heavy atom. The van der Waals surface area contributed by atoms with Crippen molar-refractivity contribution in [3.05, 3.63) is 66.3 Å². The number of thiophene rings is 1. The summed E-state index contributed by atoms with van der Waals surface area (Å²) in [5, 5.41) is 8.33. The Morgan fingerprint density at radius 3 is 2.64 bits per heavy atom. The minimum Gasteiger partial charge on any atom is -0.376 e. The molecule has 0 fully saturated rings. The van der Waals surface area contributed by atoms with Crippen molar-refractivity contribution >= 4 is 39.0 Å². The molecular formula is C24H18FN7S. The molecule has 0 atom stereocenters. The largest absolute Gasteiger partial charge is 0.376 e. The minimum atomic E-state index is -0.222. The van der Waals surface area contributed by atoms with Crippen molar-refractivity contribution in [1.82, 2.24) is 30.1 Å². The molecule has 0 bridgehead atoms. The molecule has 6 heterocycles. The highest BCUT2D eigenvalue weighted by molar-refractivity contribution is 7.14. The van der Waals surface area contributed by atoms with Crippen LogP contribution in [0.4, 0.5) is 10.1 Å². The average molecular weight is 456 g/mol. The number of halogens is 1. The first-order valence-corrected chi connectivity index (χ1v) is 11.1. The van der Waals surface area contributed by atoms with E-state index in [1.165, 1.54) is 6.07 Å². The molecule has 9 heteroatoms. The summed E-state index contributed by atoms with van der Waals surface area (Å²) < 4.78 is 13.6. The Morgan fingerprint density at radius 1 is 0.939 bits per heavy atom. The molecule has 6 aromatic rings. The summed E-state index contributed by atoms with van der Waals surface area (Å²) in [4.78, 5) is 19.8. The number of anilines is 1. The van der Waals surface area contributed by atoms with Crippen LogP contribution in [0.15, 0.2) is 61.2 Å². The van der Waals surface area contributed by atoms with Gasteiger partial charge in [-0.1, -0.05) is 0 Å². The lowest BCUT2D eigenvalue weighted by atomic mass is 10.1. The van der Waals surface area contributed by atoms with Crippen LogP contribution >= 0.6 is 11.3 Å². The number of nitrogens with zero attached hydrogens (tertiary/aromatic N) is 5. The Labute approximate surface area is 192 Å². The standard InChI is InChI=1S/C24H18FN7S/c1-32(2)14-7-13(9-26-10-14)17-3-4-18-23(29-17)24(31-30-18)19-8-15-16(11-27-12-20(15)28-19)21-5-6-22(25)33-21/h3-12,28H,1-2H3,(H,30,31). The van der Waals surface area contributed by atoms with Gasteiger partial charge in [-0.15, -0.1) is 11.3 Å². The van der Waals surface area contributed by atoms with E-state index in [1.807, 2.05) is 49.6 Å². The fourth-order valence-electron chi connectivity index (χ4n) is 3.89. The maximum absolute atomic E-state index is 13.6. The van der Waals surface area contributed by atoms with Crippen molar-refractivity contribution in [2.24, 2.45) is 0 Å². The molecule has 0 aliphatic rings. The highest BCUT2D eigenvalue weighted by atomic mass is 32.1. The van der Waals surface area contributed by atoms with E-state index in [9.17, 15) is 4.39 Å². The van der Waals surface area contributed by atoms with Crippen LogP contribution in [0.1, 0.15) is 0 Å². The van der Waals surface area contributed by atoms with Crippen molar-refractivity contribution in [3.63, 3.8) is 0 Å². The van der Waals surface area contributed by atoms with Crippen molar-refractivity contribution in [1.29, 1.82) is 0 Å². The van der Waals surface area contributed by atoms with E-state index in [0.29, 0.717) is 5.69 Å². The van der Waals surface area contributed by atoms with Gasteiger partial charge < -0.3 is 9.88 Å². The second-order valence-electron chi connectivity index (χ2n) is 7.93. The van der Waals surface area contributed by atoms with Crippen LogP contribution in [0.2, 0.25) is 0 Å². The lowest BCUT2D eigenvalue weighted by Crippen LogP contribution is -2.08. The Hall–Kier alpha value is -4.11. The Bertz CT molecular complexity index is 1630. The lowest BCUT2D eigenvalue weighted by molar-refractivity contribution is 0.657. The zero-order chi connectivity index (χ0) is 22.5. The quantitative estimate of drug-likeness (QED) is 0.367. The zero-order valence-electron chi connectivity index (χ0n) is 17.8. The number of H-pyrrole nitrogens is 2. The molecule has 0 unspecified atom stereocenters. The predicted octanol–water partition coefficient (Wildman–Crippen LogP) is 5.50. The van der Waals surface area contributed by atoms with E-state index < -0.39 is 0 Å². The van der Waals surface area contributed by atoms with Gasteiger partial charge in [-0.2, -0.15) is 9.49 Å². The second-order valence-corrected chi connectivity index (χ2v) is 8.96. The third kappa shape index (κ3) is 3.33. The van der Waals surface area contributed by atoms with Crippen LogP contribution in [-0.4, -0.2) is 44.2 Å². The summed E-state index contributed by atoms with van der Waals surface area (Å²) in [6.07, 6.45) is 7.15. The maximum Gasteiger partial charge on any atom is 0.176 e. The van der Waals surface area contributed by atoms with Gasteiger partial charge >= 0.3 is 0 Å². The monoisotopic (exact) mass is 455 g/mol. The van der Waals surface area contributed by atoms with Gasteiger partial charge in [0.15, 0.2) is 5.13 Å². The number of aromatic nitrogens is 6. The number of hydrogen-bond donors (Lipinski definition) is 2. The summed E-state index contributed by atoms with van der Waals surface area (Å²) in [5.41, 5.74) is 7.59. The Balaban J connectivity index is 1.48. The van der Waals surface area contributed by atoms with Crippen molar-refractivity contribution in [3.8, 4) is 33.1 Å². The first kappa shape index (κ1) is 19.6. The molecule has 6 aromatic heterocycles. The van der Waals surface area contributed by atoms with Gasteiger partial charge in [0, 0.05) is 47.9 Å². The molecule has 6 rings (SSSR count). The van der Waals surface area contributed by atoms with Crippen LogP contribution in [0.3, 0.4) is 0 Å². The summed E-state index contributed by atoms with van der Waals surface area (Å²) in [6, 6.07) is 11.3. The van der Waals surface area contributed by atoms with Gasteiger partial charge in [0.2, 0.25) is 0 Å². The van der Waals surface area contributed by atoms with Gasteiger partial charge in [-0.05, 0) is 36.4 Å². The van der Waals surface area contributed by atoms with Gasteiger partial charge in [0.05, 0.1) is 40.5 Å². The number of hydrogen-bond acceptors (Lipinski definition) is 6. The van der Waals surface area contributed by atoms with E-state index in [1.54, 1.807) is 18.5 Å². The molecule has 33 heavy (non-hydrogen) atoms. The average Bonchev–Trinajstić information content (AvgIpc) is 3.55. The topological polar surface area (TPSA) is 86.4 Å². The molecule has 7 nitrogen and oxygen atoms in total. The smallest absolute Gasteiger partial charge is 0.176 e. The third-order valence-electron chi connectivity index (χ3n) is 5.58. The summed E-state index contributed by atoms with van der Waals surface area (Å²) in [5.74, 6) is 0. The van der Waals surface area contributed by atoms with Gasteiger partial charge in [-0.25, -0.2) is 4.98 Å². The fourth-order valence-corrected chi connectivity index (χ4v) is 4.65. The van der Waals surface area contributed by atoms with E-state index in [2.05, 4.69) is 31.2 Å². The van der Waals surface area contributed by atoms with Crippen LogP contribution in [0, 0.1) is 5.13 Å². The molecular weight excluding hydrogens is 437 g/mol. The van der Waals surface area contributed by atoms with E-state index in [0.717, 1.165) is 66.4 Å². The second kappa shape index (κ2) is 7.49. The van der Waals surface area contributed by atoms with Gasteiger partial charge in [-0.3, -0.25) is 15.1 Å². The van der Waals surface area contributed by atoms with Gasteiger partial charge in [0.1, 0.15) is 11.2 Å². The van der Waals surface area contributed by atoms with Crippen LogP contribution in [0.5, 0.6) is 0 Å². The molecule has 162 valence electrons. The summed E-state index contributed by atoms with van der Waals surface area (Å²) in [7, 11) is 3.96. The van der Waals surface area contributed by atoms with Crippen molar-refractivity contribution in [2.75, 3.05) is 19.0 Å². The van der Waals surface area contributed by atoms with Gasteiger partial charge in [0.25, 0.3) is 0 Å². The van der Waals surface area contributed by atoms with Crippen LogP contribution in [0.25, 0.3) is 55.0 Å². The molecule has 0 aliphatic heterocycles. The molecule has 0 radical (unpaired) electrons. The van der Waals surface area contributed by atoms with Crippen LogP contribution in [-0.2, 0) is 0 Å². The lowest BCUT2D eigenvalue weighted by Gasteiger charge is -2.12. The number of pyridine rings is 3. The van der Waals surface area contributed by atoms with Crippen molar-refractivity contribution in [2.45, 2.75) is 0 Å². The molecule has 2 N–H and O–H groups in total. The normalized spacial score (nSPS) is 11.5. The predicted molar refractivity (Wildman–Crippen MR) is 130 cm³/mol. The SMILES string of the molecule is CN(C)c1cncc(-c2ccc3[nH]nc(-c4cc5c(-c6ccc(F)s6)cncc5[nH]4)c3n2)c1. The van der Waals surface area contributed by atoms with E-state index >= 15 is 0 Å². The highest BCUT2D eigenvalue weighted by Gasteiger charge is 2.16. The van der Waals surface area contributed by atoms with Crippen LogP contribution < -0.4 is 4.90 Å². The number of rotatable bonds is 4. The summed E-state index contributed by atoms with van der Waals surface area (Å²) in [6.45, 7) is 0. The first-order valence-electron chi connectivity index (χ1n) is 10.3. The molecule has 0 spiro atoms. The number of nitrogens with one attached hydrogen (secondary N) is 2. The molecule has 0 aromatic carbocycles. The third-order valence-corrected chi connectivity index (χ3v) is 6.49. The first-order chi connectivity index (χ1) is 16.1. The van der Waals surface area contributed by atoms with E-state index in [4.69, 9.17) is 4.98 Å². The molecule has 0 amide bonds. The zero-order valence-corrected chi connectivity index (χ0v) is 18.6. The number of fused-ring (bicyclic) bond motifs is 2. The van der Waals surface area contributed by atoms with E-state index in [-0.39, 0.29) is 5.13 Å². The minimum absolute atomic E-state index is 0.222. The molecule has 0 saturated carbocycles. The molecule has 0 saturated heterocycles. The highest BCUT2D eigenvalue weighted by Crippen LogP contribution is 2.36. The molecule has 0 aliphatic carbocycles. The number of aromatic amines is 2. The summed E-state index contributed by atoms with van der Waals surface area (Å²) >= 11 is 1.10. The van der Waals surface area contributed by atoms with Crippen molar-refractivity contribution < 1.29 is 4.39 Å². The maximum atomic E-state index is 13.6. The fraction of sp³-hybridized carbons (Fsp3) is 0.0833.